The Hall–Kier alpha value is 0. The zero-order valence-electron chi connectivity index (χ0n) is 9.68. The highest BCUT2D eigenvalue weighted by atomic mass is 14.3. The van der Waals surface area contributed by atoms with Crippen LogP contribution in [0.25, 0.3) is 0 Å². The van der Waals surface area contributed by atoms with Crippen LogP contribution in [0.5, 0.6) is 0 Å². The van der Waals surface area contributed by atoms with Crippen molar-refractivity contribution in [3.8, 4) is 0 Å². The molecule has 0 aromatic heterocycles. The van der Waals surface area contributed by atoms with E-state index in [2.05, 4.69) is 20.8 Å². The molecule has 0 heteroatoms. The molecule has 0 spiro atoms. The van der Waals surface area contributed by atoms with Gasteiger partial charge in [-0.2, -0.15) is 0 Å². The van der Waals surface area contributed by atoms with Crippen molar-refractivity contribution in [3.05, 3.63) is 0 Å². The van der Waals surface area contributed by atoms with Crippen molar-refractivity contribution in [2.24, 2.45) is 17.8 Å². The molecule has 78 valence electrons. The molecule has 0 aliphatic heterocycles. The SMILES string of the molecule is CCCCC(C)CCC(C)C1CC1. The Kier molecular flexibility index (Phi) is 4.83. The molecule has 0 amide bonds. The van der Waals surface area contributed by atoms with Gasteiger partial charge in [0.05, 0.1) is 0 Å². The number of hydrogen-bond donors (Lipinski definition) is 0. The van der Waals surface area contributed by atoms with E-state index in [1.54, 1.807) is 0 Å². The molecule has 0 nitrogen and oxygen atoms in total. The van der Waals surface area contributed by atoms with E-state index in [0.717, 1.165) is 17.8 Å². The van der Waals surface area contributed by atoms with Gasteiger partial charge in [-0.3, -0.25) is 0 Å². The van der Waals surface area contributed by atoms with Gasteiger partial charge in [0, 0.05) is 0 Å². The molecule has 13 heavy (non-hydrogen) atoms. The molecule has 0 N–H and O–H groups in total. The first kappa shape index (κ1) is 11.1. The van der Waals surface area contributed by atoms with Gasteiger partial charge in [-0.05, 0) is 30.6 Å². The van der Waals surface area contributed by atoms with Crippen LogP contribution in [0, 0.1) is 17.8 Å². The Morgan fingerprint density at radius 2 is 1.77 bits per heavy atom. The zero-order chi connectivity index (χ0) is 9.68. The lowest BCUT2D eigenvalue weighted by Crippen LogP contribution is -2.02. The van der Waals surface area contributed by atoms with Crippen LogP contribution in [-0.4, -0.2) is 0 Å². The highest BCUT2D eigenvalue weighted by molar-refractivity contribution is 4.78. The fourth-order valence-electron chi connectivity index (χ4n) is 2.15. The smallest absolute Gasteiger partial charge is 0.0388 e. The van der Waals surface area contributed by atoms with Crippen molar-refractivity contribution >= 4 is 0 Å². The van der Waals surface area contributed by atoms with E-state index in [4.69, 9.17) is 0 Å². The number of hydrogen-bond acceptors (Lipinski definition) is 0. The Bertz CT molecular complexity index is 124. The summed E-state index contributed by atoms with van der Waals surface area (Å²) in [5.74, 6) is 3.10. The molecule has 0 aromatic rings. The Labute approximate surface area is 84.1 Å². The minimum atomic E-state index is 0.973. The van der Waals surface area contributed by atoms with Crippen LogP contribution in [0.15, 0.2) is 0 Å². The van der Waals surface area contributed by atoms with E-state index in [1.807, 2.05) is 0 Å². The van der Waals surface area contributed by atoms with Crippen molar-refractivity contribution < 1.29 is 0 Å². The average molecular weight is 182 g/mol. The van der Waals surface area contributed by atoms with Crippen LogP contribution in [0.3, 0.4) is 0 Å². The minimum absolute atomic E-state index is 0.973. The molecule has 1 fully saturated rings. The maximum Gasteiger partial charge on any atom is -0.0388 e. The number of rotatable bonds is 7. The summed E-state index contributed by atoms with van der Waals surface area (Å²) >= 11 is 0. The summed E-state index contributed by atoms with van der Waals surface area (Å²) in [4.78, 5) is 0. The predicted octanol–water partition coefficient (Wildman–Crippen LogP) is 4.64. The van der Waals surface area contributed by atoms with Crippen LogP contribution >= 0.6 is 0 Å². The molecule has 2 unspecified atom stereocenters. The van der Waals surface area contributed by atoms with E-state index in [0.29, 0.717) is 0 Å². The van der Waals surface area contributed by atoms with Crippen LogP contribution in [0.1, 0.15) is 65.7 Å². The van der Waals surface area contributed by atoms with Gasteiger partial charge in [0.15, 0.2) is 0 Å². The van der Waals surface area contributed by atoms with Gasteiger partial charge < -0.3 is 0 Å². The molecule has 0 saturated heterocycles. The van der Waals surface area contributed by atoms with Crippen LogP contribution < -0.4 is 0 Å². The molecule has 0 heterocycles. The van der Waals surface area contributed by atoms with Crippen LogP contribution in [-0.2, 0) is 0 Å². The predicted molar refractivity (Wildman–Crippen MR) is 59.8 cm³/mol. The summed E-state index contributed by atoms with van der Waals surface area (Å²) in [7, 11) is 0. The maximum atomic E-state index is 2.45. The highest BCUT2D eigenvalue weighted by Crippen LogP contribution is 2.39. The Balaban J connectivity index is 1.96. The first-order valence-electron chi connectivity index (χ1n) is 6.24. The van der Waals surface area contributed by atoms with E-state index in [1.165, 1.54) is 44.9 Å². The first-order chi connectivity index (χ1) is 6.24. The van der Waals surface area contributed by atoms with Crippen LogP contribution in [0.4, 0.5) is 0 Å². The second-order valence-electron chi connectivity index (χ2n) is 5.14. The van der Waals surface area contributed by atoms with Crippen molar-refractivity contribution in [2.45, 2.75) is 65.7 Å². The summed E-state index contributed by atoms with van der Waals surface area (Å²) in [6, 6.07) is 0. The van der Waals surface area contributed by atoms with Gasteiger partial charge in [0.25, 0.3) is 0 Å². The highest BCUT2D eigenvalue weighted by Gasteiger charge is 2.27. The van der Waals surface area contributed by atoms with E-state index in [9.17, 15) is 0 Å². The lowest BCUT2D eigenvalue weighted by Gasteiger charge is -2.14. The molecule has 2 atom stereocenters. The molecular weight excluding hydrogens is 156 g/mol. The van der Waals surface area contributed by atoms with E-state index in [-0.39, 0.29) is 0 Å². The third-order valence-corrected chi connectivity index (χ3v) is 3.59. The fourth-order valence-corrected chi connectivity index (χ4v) is 2.15. The standard InChI is InChI=1S/C13H26/c1-4-5-6-11(2)7-8-12(3)13-9-10-13/h11-13H,4-10H2,1-3H3. The van der Waals surface area contributed by atoms with Gasteiger partial charge in [-0.25, -0.2) is 0 Å². The van der Waals surface area contributed by atoms with Gasteiger partial charge >= 0.3 is 0 Å². The fraction of sp³-hybridized carbons (Fsp3) is 1.00. The lowest BCUT2D eigenvalue weighted by molar-refractivity contribution is 0.380. The number of unbranched alkanes of at least 4 members (excludes halogenated alkanes) is 1. The average Bonchev–Trinajstić information content (AvgIpc) is 2.93. The molecule has 1 aliphatic rings. The van der Waals surface area contributed by atoms with Crippen LogP contribution in [0.2, 0.25) is 0 Å². The second-order valence-corrected chi connectivity index (χ2v) is 5.14. The first-order valence-corrected chi connectivity index (χ1v) is 6.24. The van der Waals surface area contributed by atoms with Gasteiger partial charge in [0.2, 0.25) is 0 Å². The Morgan fingerprint density at radius 3 is 2.31 bits per heavy atom. The zero-order valence-corrected chi connectivity index (χ0v) is 9.68. The molecule has 0 bridgehead atoms. The summed E-state index contributed by atoms with van der Waals surface area (Å²) in [6.07, 6.45) is 10.2. The summed E-state index contributed by atoms with van der Waals surface area (Å²) in [5.41, 5.74) is 0. The Morgan fingerprint density at radius 1 is 1.08 bits per heavy atom. The molecule has 0 aromatic carbocycles. The normalized spacial score (nSPS) is 21.5. The van der Waals surface area contributed by atoms with Gasteiger partial charge in [0.1, 0.15) is 0 Å². The minimum Gasteiger partial charge on any atom is -0.0654 e. The molecule has 1 rings (SSSR count). The van der Waals surface area contributed by atoms with Crippen molar-refractivity contribution in [3.63, 3.8) is 0 Å². The van der Waals surface area contributed by atoms with Gasteiger partial charge in [-0.15, -0.1) is 0 Å². The summed E-state index contributed by atoms with van der Waals surface area (Å²) < 4.78 is 0. The lowest BCUT2D eigenvalue weighted by atomic mass is 9.92. The molecular formula is C13H26. The summed E-state index contributed by atoms with van der Waals surface area (Å²) in [6.45, 7) is 7.17. The second kappa shape index (κ2) is 5.67. The maximum absolute atomic E-state index is 2.45. The molecule has 0 radical (unpaired) electrons. The molecule has 1 saturated carbocycles. The quantitative estimate of drug-likeness (QED) is 0.538. The van der Waals surface area contributed by atoms with Gasteiger partial charge in [-0.1, -0.05) is 52.9 Å². The summed E-state index contributed by atoms with van der Waals surface area (Å²) in [5, 5.41) is 0. The topological polar surface area (TPSA) is 0 Å². The third kappa shape index (κ3) is 4.69. The van der Waals surface area contributed by atoms with Crippen molar-refractivity contribution in [1.82, 2.24) is 0 Å². The third-order valence-electron chi connectivity index (χ3n) is 3.59. The monoisotopic (exact) mass is 182 g/mol. The largest absolute Gasteiger partial charge is 0.0654 e. The van der Waals surface area contributed by atoms with Crippen molar-refractivity contribution in [2.75, 3.05) is 0 Å². The van der Waals surface area contributed by atoms with Crippen molar-refractivity contribution in [1.29, 1.82) is 0 Å². The van der Waals surface area contributed by atoms with E-state index < -0.39 is 0 Å². The molecule has 1 aliphatic carbocycles. The van der Waals surface area contributed by atoms with E-state index >= 15 is 0 Å².